The van der Waals surface area contributed by atoms with Gasteiger partial charge in [0.15, 0.2) is 6.73 Å². The van der Waals surface area contributed by atoms with E-state index in [4.69, 9.17) is 4.74 Å². The fourth-order valence-electron chi connectivity index (χ4n) is 2.68. The summed E-state index contributed by atoms with van der Waals surface area (Å²) in [6, 6.07) is 11.3. The van der Waals surface area contributed by atoms with Crippen molar-refractivity contribution in [2.24, 2.45) is 0 Å². The van der Waals surface area contributed by atoms with Crippen LogP contribution < -0.4 is 5.32 Å². The number of benzene rings is 2. The highest BCUT2D eigenvalue weighted by atomic mass is 16.6. The second-order valence-corrected chi connectivity index (χ2v) is 6.04. The summed E-state index contributed by atoms with van der Waals surface area (Å²) in [6.45, 7) is -0.557. The highest BCUT2D eigenvalue weighted by molar-refractivity contribution is 6.21. The van der Waals surface area contributed by atoms with Crippen LogP contribution in [-0.4, -0.2) is 46.8 Å². The van der Waals surface area contributed by atoms with Gasteiger partial charge in [-0.2, -0.15) is 0 Å². The number of ether oxygens (including phenoxy) is 1. The lowest BCUT2D eigenvalue weighted by molar-refractivity contribution is -0.384. The quantitative estimate of drug-likeness (QED) is 0.324. The standard InChI is InChI=1S/C19H15N3O7/c23-16(9-10-20-17(24)12-5-7-13(8-6-12)22(27)28)29-11-21-18(25)14-3-1-2-4-15(14)19(21)26/h1-8H,9-11H2,(H,20,24). The van der Waals surface area contributed by atoms with Gasteiger partial charge in [0.25, 0.3) is 23.4 Å². The highest BCUT2D eigenvalue weighted by Crippen LogP contribution is 2.22. The molecule has 1 aliphatic heterocycles. The Labute approximate surface area is 164 Å². The number of carbonyl (C=O) groups excluding carboxylic acids is 4. The van der Waals surface area contributed by atoms with E-state index in [1.54, 1.807) is 12.1 Å². The van der Waals surface area contributed by atoms with Gasteiger partial charge in [-0.15, -0.1) is 0 Å². The van der Waals surface area contributed by atoms with Crippen molar-refractivity contribution in [2.75, 3.05) is 13.3 Å². The first-order valence-electron chi connectivity index (χ1n) is 8.52. The van der Waals surface area contributed by atoms with Gasteiger partial charge in [-0.05, 0) is 24.3 Å². The van der Waals surface area contributed by atoms with E-state index in [1.807, 2.05) is 0 Å². The molecule has 148 valence electrons. The number of esters is 1. The van der Waals surface area contributed by atoms with Crippen LogP contribution in [0.5, 0.6) is 0 Å². The Bertz CT molecular complexity index is 966. The predicted molar refractivity (Wildman–Crippen MR) is 97.9 cm³/mol. The highest BCUT2D eigenvalue weighted by Gasteiger charge is 2.35. The molecular weight excluding hydrogens is 382 g/mol. The molecule has 0 aliphatic carbocycles. The first-order chi connectivity index (χ1) is 13.9. The molecule has 0 radical (unpaired) electrons. The van der Waals surface area contributed by atoms with Crippen LogP contribution in [0.1, 0.15) is 37.5 Å². The zero-order valence-corrected chi connectivity index (χ0v) is 15.0. The topological polar surface area (TPSA) is 136 Å². The minimum Gasteiger partial charge on any atom is -0.444 e. The molecule has 1 aliphatic rings. The molecule has 0 bridgehead atoms. The Hall–Kier alpha value is -4.08. The lowest BCUT2D eigenvalue weighted by Gasteiger charge is -2.14. The average molecular weight is 397 g/mol. The Balaban J connectivity index is 1.44. The number of nitro groups is 1. The lowest BCUT2D eigenvalue weighted by Crippen LogP contribution is -2.34. The van der Waals surface area contributed by atoms with Crippen LogP contribution in [0.25, 0.3) is 0 Å². The molecule has 0 saturated heterocycles. The van der Waals surface area contributed by atoms with Crippen LogP contribution in [0.4, 0.5) is 5.69 Å². The van der Waals surface area contributed by atoms with Gasteiger partial charge in [0, 0.05) is 24.2 Å². The first-order valence-corrected chi connectivity index (χ1v) is 8.52. The molecule has 29 heavy (non-hydrogen) atoms. The summed E-state index contributed by atoms with van der Waals surface area (Å²) >= 11 is 0. The Morgan fingerprint density at radius 1 is 1.00 bits per heavy atom. The zero-order chi connectivity index (χ0) is 21.0. The van der Waals surface area contributed by atoms with E-state index in [0.717, 1.165) is 4.90 Å². The molecule has 2 aromatic rings. The third kappa shape index (κ3) is 4.26. The van der Waals surface area contributed by atoms with E-state index < -0.39 is 35.3 Å². The summed E-state index contributed by atoms with van der Waals surface area (Å²) in [6.07, 6.45) is -0.179. The Morgan fingerprint density at radius 3 is 2.14 bits per heavy atom. The minimum atomic E-state index is -0.703. The van der Waals surface area contributed by atoms with Crippen LogP contribution >= 0.6 is 0 Å². The molecule has 1 heterocycles. The van der Waals surface area contributed by atoms with Crippen LogP contribution in [0.2, 0.25) is 0 Å². The number of nitrogens with one attached hydrogen (secondary N) is 1. The fourth-order valence-corrected chi connectivity index (χ4v) is 2.68. The summed E-state index contributed by atoms with van der Waals surface area (Å²) in [5.74, 6) is -2.28. The molecule has 0 unspecified atom stereocenters. The predicted octanol–water partition coefficient (Wildman–Crippen LogP) is 1.51. The molecule has 1 N–H and O–H groups in total. The van der Waals surface area contributed by atoms with Crippen LogP contribution in [0.15, 0.2) is 48.5 Å². The summed E-state index contributed by atoms with van der Waals surface area (Å²) in [5.41, 5.74) is 0.570. The molecule has 2 aromatic carbocycles. The minimum absolute atomic E-state index is 0.0449. The summed E-state index contributed by atoms with van der Waals surface area (Å²) in [5, 5.41) is 13.1. The van der Waals surface area contributed by atoms with E-state index in [0.29, 0.717) is 0 Å². The Kier molecular flexibility index (Phi) is 5.63. The van der Waals surface area contributed by atoms with E-state index >= 15 is 0 Å². The van der Waals surface area contributed by atoms with E-state index in [1.165, 1.54) is 36.4 Å². The number of rotatable bonds is 7. The molecule has 0 atom stereocenters. The zero-order valence-electron chi connectivity index (χ0n) is 15.0. The number of carbonyl (C=O) groups is 4. The average Bonchev–Trinajstić information content (AvgIpc) is 2.97. The van der Waals surface area contributed by atoms with Crippen molar-refractivity contribution in [3.8, 4) is 0 Å². The maximum Gasteiger partial charge on any atom is 0.309 e. The van der Waals surface area contributed by atoms with Crippen LogP contribution in [0, 0.1) is 10.1 Å². The third-order valence-electron chi connectivity index (χ3n) is 4.19. The van der Waals surface area contributed by atoms with E-state index in [2.05, 4.69) is 5.32 Å². The molecule has 0 fully saturated rings. The number of nitrogens with zero attached hydrogens (tertiary/aromatic N) is 2. The van der Waals surface area contributed by atoms with Crippen LogP contribution in [-0.2, 0) is 9.53 Å². The van der Waals surface area contributed by atoms with Crippen molar-refractivity contribution in [3.63, 3.8) is 0 Å². The summed E-state index contributed by atoms with van der Waals surface area (Å²) in [7, 11) is 0. The molecular formula is C19H15N3O7. The van der Waals surface area contributed by atoms with Crippen LogP contribution in [0.3, 0.4) is 0 Å². The molecule has 0 spiro atoms. The van der Waals surface area contributed by atoms with Crippen molar-refractivity contribution in [1.82, 2.24) is 10.2 Å². The second-order valence-electron chi connectivity index (χ2n) is 6.04. The number of hydrogen-bond donors (Lipinski definition) is 1. The monoisotopic (exact) mass is 397 g/mol. The Morgan fingerprint density at radius 2 is 1.59 bits per heavy atom. The number of imide groups is 1. The van der Waals surface area contributed by atoms with Gasteiger partial charge in [0.1, 0.15) is 0 Å². The van der Waals surface area contributed by atoms with Crippen molar-refractivity contribution < 1.29 is 28.8 Å². The maximum absolute atomic E-state index is 12.2. The van der Waals surface area contributed by atoms with Gasteiger partial charge >= 0.3 is 5.97 Å². The second kappa shape index (κ2) is 8.30. The number of hydrogen-bond acceptors (Lipinski definition) is 7. The van der Waals surface area contributed by atoms with Gasteiger partial charge < -0.3 is 10.1 Å². The number of amides is 3. The normalized spacial score (nSPS) is 12.5. The summed E-state index contributed by atoms with van der Waals surface area (Å²) < 4.78 is 4.95. The first kappa shape index (κ1) is 19.7. The smallest absolute Gasteiger partial charge is 0.309 e. The molecule has 10 heteroatoms. The number of nitro benzene ring substituents is 1. The van der Waals surface area contributed by atoms with Gasteiger partial charge in [-0.25, -0.2) is 4.90 Å². The van der Waals surface area contributed by atoms with Gasteiger partial charge in [0.05, 0.1) is 22.5 Å². The largest absolute Gasteiger partial charge is 0.444 e. The van der Waals surface area contributed by atoms with Gasteiger partial charge in [0.2, 0.25) is 0 Å². The molecule has 3 amide bonds. The summed E-state index contributed by atoms with van der Waals surface area (Å²) in [4.78, 5) is 59.0. The van der Waals surface area contributed by atoms with Crippen molar-refractivity contribution in [2.45, 2.75) is 6.42 Å². The van der Waals surface area contributed by atoms with E-state index in [9.17, 15) is 29.3 Å². The molecule has 3 rings (SSSR count). The fraction of sp³-hybridized carbons (Fsp3) is 0.158. The van der Waals surface area contributed by atoms with Crippen molar-refractivity contribution in [1.29, 1.82) is 0 Å². The third-order valence-corrected chi connectivity index (χ3v) is 4.19. The number of fused-ring (bicyclic) bond motifs is 1. The maximum atomic E-state index is 12.2. The van der Waals surface area contributed by atoms with E-state index in [-0.39, 0.29) is 35.3 Å². The SMILES string of the molecule is O=C(CCNC(=O)c1ccc([N+](=O)[O-])cc1)OCN1C(=O)c2ccccc2C1=O. The van der Waals surface area contributed by atoms with Crippen molar-refractivity contribution >= 4 is 29.4 Å². The van der Waals surface area contributed by atoms with Gasteiger partial charge in [-0.3, -0.25) is 29.3 Å². The lowest BCUT2D eigenvalue weighted by atomic mass is 10.1. The molecule has 0 saturated carbocycles. The van der Waals surface area contributed by atoms with Gasteiger partial charge in [-0.1, -0.05) is 12.1 Å². The molecule has 0 aromatic heterocycles. The molecule has 10 nitrogen and oxygen atoms in total. The van der Waals surface area contributed by atoms with Crippen molar-refractivity contribution in [3.05, 3.63) is 75.3 Å². The number of non-ortho nitro benzene ring substituents is 1.